The highest BCUT2D eigenvalue weighted by Gasteiger charge is 2.33. The van der Waals surface area contributed by atoms with E-state index in [-0.39, 0.29) is 17.7 Å². The topological polar surface area (TPSA) is 92.5 Å². The highest BCUT2D eigenvalue weighted by atomic mass is 32.2. The fourth-order valence-corrected chi connectivity index (χ4v) is 5.60. The normalized spacial score (nSPS) is 19.2. The highest BCUT2D eigenvalue weighted by Crippen LogP contribution is 2.33. The van der Waals surface area contributed by atoms with Crippen LogP contribution in [-0.4, -0.2) is 41.0 Å². The maximum atomic E-state index is 13.5. The van der Waals surface area contributed by atoms with E-state index in [0.29, 0.717) is 30.0 Å². The Morgan fingerprint density at radius 1 is 1.06 bits per heavy atom. The lowest BCUT2D eigenvalue weighted by atomic mass is 9.88. The van der Waals surface area contributed by atoms with Gasteiger partial charge in [-0.05, 0) is 43.0 Å². The smallest absolute Gasteiger partial charge is 0.255 e. The van der Waals surface area contributed by atoms with Gasteiger partial charge in [0.1, 0.15) is 6.04 Å². The molecule has 0 aromatic heterocycles. The van der Waals surface area contributed by atoms with Crippen molar-refractivity contribution < 1.29 is 14.4 Å². The molecule has 1 fully saturated rings. The van der Waals surface area contributed by atoms with E-state index >= 15 is 0 Å². The number of amides is 3. The predicted molar refractivity (Wildman–Crippen MR) is 127 cm³/mol. The van der Waals surface area contributed by atoms with Gasteiger partial charge in [-0.15, -0.1) is 11.8 Å². The summed E-state index contributed by atoms with van der Waals surface area (Å²) in [5, 5.41) is 3.00. The second-order valence-corrected chi connectivity index (χ2v) is 9.56. The quantitative estimate of drug-likeness (QED) is 0.698. The zero-order valence-corrected chi connectivity index (χ0v) is 18.9. The summed E-state index contributed by atoms with van der Waals surface area (Å²) in [7, 11) is 0. The first kappa shape index (κ1) is 22.4. The van der Waals surface area contributed by atoms with Crippen molar-refractivity contribution >= 4 is 35.2 Å². The molecule has 2 aliphatic rings. The minimum absolute atomic E-state index is 0.0225. The Balaban J connectivity index is 1.54. The molecule has 4 rings (SSSR count). The molecule has 2 aromatic carbocycles. The van der Waals surface area contributed by atoms with E-state index < -0.39 is 11.9 Å². The van der Waals surface area contributed by atoms with Crippen molar-refractivity contribution in [3.05, 3.63) is 59.7 Å². The Morgan fingerprint density at radius 2 is 1.81 bits per heavy atom. The van der Waals surface area contributed by atoms with E-state index in [9.17, 15) is 14.4 Å². The van der Waals surface area contributed by atoms with Gasteiger partial charge in [0.15, 0.2) is 0 Å². The lowest BCUT2D eigenvalue weighted by Gasteiger charge is -2.27. The van der Waals surface area contributed by atoms with E-state index in [1.54, 1.807) is 11.0 Å². The van der Waals surface area contributed by atoms with E-state index in [1.807, 2.05) is 42.5 Å². The number of carbonyl (C=O) groups excluding carboxylic acids is 3. The van der Waals surface area contributed by atoms with Crippen LogP contribution in [0.15, 0.2) is 53.4 Å². The number of benzene rings is 2. The number of primary amides is 1. The zero-order valence-electron chi connectivity index (χ0n) is 18.1. The van der Waals surface area contributed by atoms with Gasteiger partial charge in [-0.25, -0.2) is 0 Å². The van der Waals surface area contributed by atoms with E-state index in [2.05, 4.69) is 5.32 Å². The minimum Gasteiger partial charge on any atom is -0.368 e. The molecule has 7 heteroatoms. The number of rotatable bonds is 6. The number of nitrogens with two attached hydrogens (primary N) is 1. The molecule has 1 aliphatic heterocycles. The minimum atomic E-state index is -0.677. The van der Waals surface area contributed by atoms with Gasteiger partial charge in [-0.3, -0.25) is 14.4 Å². The molecule has 6 nitrogen and oxygen atoms in total. The van der Waals surface area contributed by atoms with Crippen molar-refractivity contribution in [3.63, 3.8) is 0 Å². The molecule has 0 spiro atoms. The Hall–Kier alpha value is -2.80. The van der Waals surface area contributed by atoms with Gasteiger partial charge in [0.05, 0.1) is 5.56 Å². The summed E-state index contributed by atoms with van der Waals surface area (Å²) in [5.41, 5.74) is 7.89. The van der Waals surface area contributed by atoms with Crippen LogP contribution in [-0.2, 0) is 16.0 Å². The second kappa shape index (κ2) is 10.2. The van der Waals surface area contributed by atoms with Crippen LogP contribution in [0, 0.1) is 5.92 Å². The van der Waals surface area contributed by atoms with Gasteiger partial charge >= 0.3 is 0 Å². The molecule has 2 aromatic rings. The number of nitrogens with one attached hydrogen (secondary N) is 1. The van der Waals surface area contributed by atoms with Gasteiger partial charge in [-0.2, -0.15) is 0 Å². The number of fused-ring (bicyclic) bond motifs is 1. The lowest BCUT2D eigenvalue weighted by Crippen LogP contribution is -2.49. The van der Waals surface area contributed by atoms with Crippen molar-refractivity contribution in [1.29, 1.82) is 0 Å². The Labute approximate surface area is 192 Å². The predicted octanol–water partition coefficient (Wildman–Crippen LogP) is 3.85. The molecular weight excluding hydrogens is 422 g/mol. The third-order valence-electron chi connectivity index (χ3n) is 6.30. The number of anilines is 1. The Bertz CT molecular complexity index is 989. The van der Waals surface area contributed by atoms with Crippen molar-refractivity contribution in [2.45, 2.75) is 49.5 Å². The zero-order chi connectivity index (χ0) is 22.5. The van der Waals surface area contributed by atoms with Crippen LogP contribution in [0.3, 0.4) is 0 Å². The average Bonchev–Trinajstić information content (AvgIpc) is 2.95. The van der Waals surface area contributed by atoms with Crippen molar-refractivity contribution in [2.24, 2.45) is 11.7 Å². The van der Waals surface area contributed by atoms with Crippen LogP contribution in [0.2, 0.25) is 0 Å². The lowest BCUT2D eigenvalue weighted by molar-refractivity contribution is -0.122. The monoisotopic (exact) mass is 451 g/mol. The van der Waals surface area contributed by atoms with Gasteiger partial charge in [0.25, 0.3) is 5.91 Å². The third kappa shape index (κ3) is 5.15. The van der Waals surface area contributed by atoms with Crippen LogP contribution in [0.5, 0.6) is 0 Å². The molecule has 1 heterocycles. The van der Waals surface area contributed by atoms with Crippen molar-refractivity contribution in [3.8, 4) is 0 Å². The maximum absolute atomic E-state index is 13.5. The van der Waals surface area contributed by atoms with E-state index in [0.717, 1.165) is 36.1 Å². The number of nitrogens with zero attached hydrogens (tertiary/aromatic N) is 1. The summed E-state index contributed by atoms with van der Waals surface area (Å²) in [4.78, 5) is 40.7. The second-order valence-electron chi connectivity index (χ2n) is 8.50. The Morgan fingerprint density at radius 3 is 2.53 bits per heavy atom. The molecule has 0 saturated heterocycles. The molecule has 3 N–H and O–H groups in total. The first-order valence-corrected chi connectivity index (χ1v) is 12.2. The number of hydrogen-bond donors (Lipinski definition) is 2. The Kier molecular flexibility index (Phi) is 7.15. The molecule has 168 valence electrons. The summed E-state index contributed by atoms with van der Waals surface area (Å²) in [5.74, 6) is -0.254. The first-order valence-electron chi connectivity index (χ1n) is 11.2. The molecule has 1 unspecified atom stereocenters. The summed E-state index contributed by atoms with van der Waals surface area (Å²) in [6.07, 6.45) is 5.82. The largest absolute Gasteiger partial charge is 0.368 e. The van der Waals surface area contributed by atoms with Crippen LogP contribution in [0.4, 0.5) is 5.69 Å². The number of thioether (sulfide) groups is 1. The summed E-state index contributed by atoms with van der Waals surface area (Å²) in [6.45, 7) is 0.398. The summed E-state index contributed by atoms with van der Waals surface area (Å²) in [6, 6.07) is 14.6. The summed E-state index contributed by atoms with van der Waals surface area (Å²) < 4.78 is 0. The van der Waals surface area contributed by atoms with Gasteiger partial charge in [0, 0.05) is 28.8 Å². The fraction of sp³-hybridized carbons (Fsp3) is 0.400. The average molecular weight is 452 g/mol. The molecule has 1 atom stereocenters. The maximum Gasteiger partial charge on any atom is 0.255 e. The van der Waals surface area contributed by atoms with Gasteiger partial charge < -0.3 is 16.0 Å². The molecule has 32 heavy (non-hydrogen) atoms. The molecule has 0 radical (unpaired) electrons. The van der Waals surface area contributed by atoms with Crippen LogP contribution < -0.4 is 11.1 Å². The third-order valence-corrected chi connectivity index (χ3v) is 7.45. The first-order chi connectivity index (χ1) is 15.5. The van der Waals surface area contributed by atoms with Crippen molar-refractivity contribution in [2.75, 3.05) is 17.6 Å². The number of hydrogen-bond acceptors (Lipinski definition) is 4. The summed E-state index contributed by atoms with van der Waals surface area (Å²) >= 11 is 1.45. The van der Waals surface area contributed by atoms with Crippen LogP contribution >= 0.6 is 11.8 Å². The fourth-order valence-electron chi connectivity index (χ4n) is 4.45. The van der Waals surface area contributed by atoms with Gasteiger partial charge in [0.2, 0.25) is 11.8 Å². The SMILES string of the molecule is NC(=O)C1CSc2ccc(NC(=O)C3CCCCC3)cc2C(=O)N1CCc1ccccc1. The van der Waals surface area contributed by atoms with Crippen molar-refractivity contribution in [1.82, 2.24) is 4.90 Å². The number of carbonyl (C=O) groups is 3. The highest BCUT2D eigenvalue weighted by molar-refractivity contribution is 7.99. The standard InChI is InChI=1S/C25H29N3O3S/c26-23(29)21-16-32-22-12-11-19(27-24(30)18-9-5-2-6-10-18)15-20(22)25(31)28(21)14-13-17-7-3-1-4-8-17/h1,3-4,7-8,11-12,15,18,21H,2,5-6,9-10,13-14,16H2,(H2,26,29)(H,27,30). The van der Waals surface area contributed by atoms with Crippen LogP contribution in [0.1, 0.15) is 48.0 Å². The van der Waals surface area contributed by atoms with E-state index in [1.165, 1.54) is 18.2 Å². The molecule has 3 amide bonds. The molecular formula is C25H29N3O3S. The van der Waals surface area contributed by atoms with E-state index in [4.69, 9.17) is 5.73 Å². The molecule has 1 saturated carbocycles. The van der Waals surface area contributed by atoms with Gasteiger partial charge in [-0.1, -0.05) is 49.6 Å². The molecule has 1 aliphatic carbocycles. The molecule has 0 bridgehead atoms. The van der Waals surface area contributed by atoms with Crippen LogP contribution in [0.25, 0.3) is 0 Å².